The molecule has 0 fully saturated rings. The molecule has 40 heavy (non-hydrogen) atoms. The third kappa shape index (κ3) is 11.7. The van der Waals surface area contributed by atoms with E-state index in [0.717, 1.165) is 17.9 Å². The maximum Gasteiger partial charge on any atom is 0.305 e. The van der Waals surface area contributed by atoms with Gasteiger partial charge in [-0.1, -0.05) is 49.6 Å². The van der Waals surface area contributed by atoms with Crippen molar-refractivity contribution >= 4 is 55.1 Å². The number of halogens is 1. The monoisotopic (exact) mass is 622 g/mol. The molecule has 4 N–H and O–H groups in total. The molecule has 0 heterocycles. The number of ketones is 1. The lowest BCUT2D eigenvalue weighted by Gasteiger charge is -2.26. The number of sulfone groups is 1. The zero-order valence-electron chi connectivity index (χ0n) is 22.6. The van der Waals surface area contributed by atoms with Gasteiger partial charge in [-0.3, -0.25) is 19.2 Å². The van der Waals surface area contributed by atoms with E-state index in [1.807, 2.05) is 0 Å². The summed E-state index contributed by atoms with van der Waals surface area (Å²) < 4.78 is 50.8. The van der Waals surface area contributed by atoms with Gasteiger partial charge in [0.15, 0.2) is 15.6 Å². The van der Waals surface area contributed by atoms with Crippen molar-refractivity contribution in [3.63, 3.8) is 0 Å². The second kappa shape index (κ2) is 15.3. The van der Waals surface area contributed by atoms with Crippen LogP contribution in [0.5, 0.6) is 0 Å². The van der Waals surface area contributed by atoms with Gasteiger partial charge in [-0.15, -0.1) is 0 Å². The fourth-order valence-corrected chi connectivity index (χ4v) is 5.45. The lowest BCUT2D eigenvalue weighted by Crippen LogP contribution is -2.45. The average Bonchev–Trinajstić information content (AvgIpc) is 2.83. The number of nitrogens with one attached hydrogen (secondary N) is 2. The van der Waals surface area contributed by atoms with E-state index in [2.05, 4.69) is 10.0 Å². The number of hydrogen-bond acceptors (Lipinski definition) is 8. The van der Waals surface area contributed by atoms with Gasteiger partial charge in [0.25, 0.3) is 0 Å². The molecule has 4 atom stereocenters. The van der Waals surface area contributed by atoms with Crippen molar-refractivity contribution in [2.45, 2.75) is 69.9 Å². The molecule has 1 aromatic rings. The van der Waals surface area contributed by atoms with Gasteiger partial charge in [0.2, 0.25) is 15.9 Å². The minimum absolute atomic E-state index is 0.131. The summed E-state index contributed by atoms with van der Waals surface area (Å²) in [6.45, 7) is 5.16. The summed E-state index contributed by atoms with van der Waals surface area (Å²) in [4.78, 5) is 48.9. The van der Waals surface area contributed by atoms with Crippen LogP contribution < -0.4 is 10.0 Å². The minimum Gasteiger partial charge on any atom is -0.481 e. The lowest BCUT2D eigenvalue weighted by molar-refractivity contribution is -0.139. The molecule has 15 heteroatoms. The molecule has 1 unspecified atom stereocenters. The Morgan fingerprint density at radius 3 is 2.05 bits per heavy atom. The zero-order valence-corrected chi connectivity index (χ0v) is 25.0. The van der Waals surface area contributed by atoms with Crippen molar-refractivity contribution in [2.75, 3.05) is 6.26 Å². The predicted octanol–water partition coefficient (Wildman–Crippen LogP) is 2.21. The Morgan fingerprint density at radius 2 is 1.57 bits per heavy atom. The standard InChI is InChI=1S/C25H35ClN2O10S2/c1-5-16(3)19(25(34)27-17(13-24(32)33)12-22(26)39(4,35)36)14-21(29)20(10-11-23(30)31)28-40(37,38)18-8-6-15(2)7-9-18/h6-9,12,16-17,19-20,28H,5,10-11,13-14H2,1-4H3,(H,27,34)(H,30,31)(H,32,33)/b22-12+/t16?,17-,19-,20+/m1/s1. The first-order valence-electron chi connectivity index (χ1n) is 12.3. The molecule has 0 saturated carbocycles. The molecule has 12 nitrogen and oxygen atoms in total. The quantitative estimate of drug-likeness (QED) is 0.199. The van der Waals surface area contributed by atoms with Gasteiger partial charge in [-0.05, 0) is 37.5 Å². The first kappa shape index (κ1) is 35.2. The number of aryl methyl sites for hydroxylation is 1. The van der Waals surface area contributed by atoms with Gasteiger partial charge in [0, 0.05) is 25.0 Å². The van der Waals surface area contributed by atoms with E-state index in [4.69, 9.17) is 16.7 Å². The van der Waals surface area contributed by atoms with Gasteiger partial charge in [0.1, 0.15) is 4.36 Å². The Kier molecular flexibility index (Phi) is 13.4. The predicted molar refractivity (Wildman–Crippen MR) is 148 cm³/mol. The number of rotatable bonds is 17. The number of carboxylic acids is 2. The van der Waals surface area contributed by atoms with E-state index < -0.39 is 91.0 Å². The van der Waals surface area contributed by atoms with Crippen LogP contribution >= 0.6 is 11.6 Å². The maximum atomic E-state index is 13.3. The number of carboxylic acid groups (broad SMARTS) is 2. The van der Waals surface area contributed by atoms with E-state index in [1.165, 1.54) is 12.1 Å². The van der Waals surface area contributed by atoms with Crippen LogP contribution in [-0.2, 0) is 39.0 Å². The zero-order chi connectivity index (χ0) is 30.8. The van der Waals surface area contributed by atoms with Crippen molar-refractivity contribution in [1.82, 2.24) is 10.0 Å². The Balaban J connectivity index is 3.29. The summed E-state index contributed by atoms with van der Waals surface area (Å²) in [5.41, 5.74) is 0.800. The first-order valence-corrected chi connectivity index (χ1v) is 16.1. The topological polar surface area (TPSA) is 201 Å². The van der Waals surface area contributed by atoms with Crippen molar-refractivity contribution in [2.24, 2.45) is 11.8 Å². The first-order chi connectivity index (χ1) is 18.4. The number of carbonyl (C=O) groups is 4. The number of carbonyl (C=O) groups excluding carboxylic acids is 2. The average molecular weight is 623 g/mol. The molecule has 0 aliphatic rings. The summed E-state index contributed by atoms with van der Waals surface area (Å²) in [6.07, 6.45) is 0.000617. The van der Waals surface area contributed by atoms with Crippen LogP contribution in [0.25, 0.3) is 0 Å². The van der Waals surface area contributed by atoms with Crippen molar-refractivity contribution in [1.29, 1.82) is 0 Å². The highest BCUT2D eigenvalue weighted by atomic mass is 35.5. The highest BCUT2D eigenvalue weighted by Crippen LogP contribution is 2.23. The Labute approximate surface area is 239 Å². The van der Waals surface area contributed by atoms with Crippen molar-refractivity contribution in [3.8, 4) is 0 Å². The molecule has 0 saturated heterocycles. The van der Waals surface area contributed by atoms with Crippen LogP contribution in [-0.4, -0.2) is 69.0 Å². The van der Waals surface area contributed by atoms with Crippen molar-refractivity contribution < 1.29 is 46.2 Å². The second-order valence-electron chi connectivity index (χ2n) is 9.54. The summed E-state index contributed by atoms with van der Waals surface area (Å²) >= 11 is 5.76. The third-order valence-corrected chi connectivity index (χ3v) is 9.46. The van der Waals surface area contributed by atoms with Gasteiger partial charge in [0.05, 0.1) is 23.4 Å². The second-order valence-corrected chi connectivity index (χ2v) is 13.9. The van der Waals surface area contributed by atoms with E-state index in [9.17, 15) is 41.1 Å². The van der Waals surface area contributed by atoms with Crippen molar-refractivity contribution in [3.05, 3.63) is 40.3 Å². The van der Waals surface area contributed by atoms with Crippen LogP contribution in [0.4, 0.5) is 0 Å². The molecular formula is C25H35ClN2O10S2. The fraction of sp³-hybridized carbons (Fsp3) is 0.520. The van der Waals surface area contributed by atoms with E-state index >= 15 is 0 Å². The number of sulfonamides is 1. The van der Waals surface area contributed by atoms with E-state index in [0.29, 0.717) is 6.42 Å². The Bertz CT molecular complexity index is 1330. The molecule has 0 aromatic heterocycles. The summed E-state index contributed by atoms with van der Waals surface area (Å²) in [6, 6.07) is 3.01. The van der Waals surface area contributed by atoms with Gasteiger partial charge < -0.3 is 15.5 Å². The van der Waals surface area contributed by atoms with Gasteiger partial charge in [-0.25, -0.2) is 21.6 Å². The molecule has 0 bridgehead atoms. The number of aliphatic carboxylic acids is 2. The molecule has 0 aliphatic carbocycles. The molecule has 1 aromatic carbocycles. The smallest absolute Gasteiger partial charge is 0.305 e. The molecule has 0 spiro atoms. The van der Waals surface area contributed by atoms with E-state index in [1.54, 1.807) is 32.9 Å². The summed E-state index contributed by atoms with van der Waals surface area (Å²) in [5.74, 6) is -5.64. The van der Waals surface area contributed by atoms with E-state index in [-0.39, 0.29) is 11.3 Å². The Morgan fingerprint density at radius 1 is 1.00 bits per heavy atom. The van der Waals surface area contributed by atoms with Crippen LogP contribution in [0.15, 0.2) is 39.6 Å². The number of hydrogen-bond donors (Lipinski definition) is 4. The third-order valence-electron chi connectivity index (χ3n) is 6.16. The lowest BCUT2D eigenvalue weighted by atomic mass is 9.84. The normalized spacial score (nSPS) is 15.5. The minimum atomic E-state index is -4.22. The van der Waals surface area contributed by atoms with Gasteiger partial charge in [-0.2, -0.15) is 0 Å². The van der Waals surface area contributed by atoms with Crippen LogP contribution in [0.3, 0.4) is 0 Å². The largest absolute Gasteiger partial charge is 0.481 e. The van der Waals surface area contributed by atoms with Crippen LogP contribution in [0.2, 0.25) is 0 Å². The SMILES string of the molecule is CCC(C)[C@@H](CC(=O)[C@H](CCC(=O)O)NS(=O)(=O)c1ccc(C)cc1)C(=O)N[C@H](/C=C(\Cl)S(C)(=O)=O)CC(=O)O. The molecule has 1 amide bonds. The maximum absolute atomic E-state index is 13.3. The fourth-order valence-electron chi connectivity index (χ4n) is 3.63. The molecule has 224 valence electrons. The molecule has 0 radical (unpaired) electrons. The summed E-state index contributed by atoms with van der Waals surface area (Å²) in [5, 5.41) is 20.7. The number of benzene rings is 1. The number of Topliss-reactive ketones (excluding diaryl/α,β-unsaturated/α-hetero) is 1. The van der Waals surface area contributed by atoms with Gasteiger partial charge >= 0.3 is 11.9 Å². The Hall–Kier alpha value is -2.81. The van der Waals surface area contributed by atoms with Crippen LogP contribution in [0.1, 0.15) is 51.5 Å². The summed E-state index contributed by atoms with van der Waals surface area (Å²) in [7, 11) is -8.10. The van der Waals surface area contributed by atoms with Crippen LogP contribution in [0, 0.1) is 18.8 Å². The molecule has 1 rings (SSSR count). The number of amides is 1. The highest BCUT2D eigenvalue weighted by Gasteiger charge is 2.33. The molecular weight excluding hydrogens is 588 g/mol. The highest BCUT2D eigenvalue weighted by molar-refractivity contribution is 7.96. The molecule has 0 aliphatic heterocycles.